The molecule has 2 rings (SSSR count). The van der Waals surface area contributed by atoms with Gasteiger partial charge in [-0.25, -0.2) is 0 Å². The quantitative estimate of drug-likeness (QED) is 0.889. The number of amides is 1. The van der Waals surface area contributed by atoms with Gasteiger partial charge in [-0.3, -0.25) is 4.79 Å². The Labute approximate surface area is 119 Å². The molecule has 1 aromatic carbocycles. The van der Waals surface area contributed by atoms with Crippen LogP contribution in [-0.2, 0) is 11.4 Å². The Morgan fingerprint density at radius 3 is 2.70 bits per heavy atom. The number of aliphatic hydroxyl groups is 1. The van der Waals surface area contributed by atoms with Crippen LogP contribution in [0.5, 0.6) is 11.5 Å². The molecular weight excluding hydrogens is 258 g/mol. The molecule has 1 aromatic rings. The summed E-state index contributed by atoms with van der Waals surface area (Å²) in [6.45, 7) is 1.50. The minimum absolute atomic E-state index is 0.00408. The highest BCUT2D eigenvalue weighted by atomic mass is 16.5. The lowest BCUT2D eigenvalue weighted by molar-refractivity contribution is -0.134. The molecule has 20 heavy (non-hydrogen) atoms. The molecule has 0 atom stereocenters. The number of piperidine rings is 1. The molecular formula is C15H21NO4. The Kier molecular flexibility index (Phi) is 5.24. The highest BCUT2D eigenvalue weighted by Crippen LogP contribution is 2.24. The molecule has 0 spiro atoms. The fraction of sp³-hybridized carbons (Fsp3) is 0.533. The molecule has 0 unspecified atom stereocenters. The standard InChI is InChI=1S/C15H21NO4/c1-19-13-5-6-14(12(9-13)10-17)20-11-15(18)16-7-3-2-4-8-16/h5-6,9,17H,2-4,7-8,10-11H2,1H3. The van der Waals surface area contributed by atoms with Crippen LogP contribution in [0.2, 0.25) is 0 Å². The maximum atomic E-state index is 12.0. The Balaban J connectivity index is 1.94. The predicted molar refractivity (Wildman–Crippen MR) is 74.8 cm³/mol. The molecule has 1 aliphatic rings. The molecule has 0 aromatic heterocycles. The van der Waals surface area contributed by atoms with Crippen molar-refractivity contribution in [3.8, 4) is 11.5 Å². The van der Waals surface area contributed by atoms with E-state index in [1.807, 2.05) is 4.90 Å². The number of ether oxygens (including phenoxy) is 2. The second-order valence-electron chi connectivity index (χ2n) is 4.86. The van der Waals surface area contributed by atoms with E-state index in [9.17, 15) is 9.90 Å². The van der Waals surface area contributed by atoms with E-state index in [0.29, 0.717) is 17.1 Å². The smallest absolute Gasteiger partial charge is 0.260 e. The van der Waals surface area contributed by atoms with Gasteiger partial charge in [-0.2, -0.15) is 0 Å². The third-order valence-corrected chi connectivity index (χ3v) is 3.50. The van der Waals surface area contributed by atoms with Gasteiger partial charge >= 0.3 is 0 Å². The van der Waals surface area contributed by atoms with Crippen LogP contribution >= 0.6 is 0 Å². The third kappa shape index (κ3) is 3.63. The average Bonchev–Trinajstić information content (AvgIpc) is 2.53. The number of aliphatic hydroxyl groups excluding tert-OH is 1. The van der Waals surface area contributed by atoms with Gasteiger partial charge in [0.05, 0.1) is 13.7 Å². The topological polar surface area (TPSA) is 59.0 Å². The third-order valence-electron chi connectivity index (χ3n) is 3.50. The number of likely N-dealkylation sites (tertiary alicyclic amines) is 1. The lowest BCUT2D eigenvalue weighted by Crippen LogP contribution is -2.38. The van der Waals surface area contributed by atoms with Crippen LogP contribution in [0.15, 0.2) is 18.2 Å². The summed E-state index contributed by atoms with van der Waals surface area (Å²) in [6, 6.07) is 5.18. The molecule has 1 N–H and O–H groups in total. The molecule has 1 aliphatic heterocycles. The van der Waals surface area contributed by atoms with Crippen LogP contribution in [0.3, 0.4) is 0 Å². The van der Waals surface area contributed by atoms with E-state index >= 15 is 0 Å². The molecule has 110 valence electrons. The monoisotopic (exact) mass is 279 g/mol. The van der Waals surface area contributed by atoms with Gasteiger partial charge in [-0.05, 0) is 37.5 Å². The summed E-state index contributed by atoms with van der Waals surface area (Å²) in [5.74, 6) is 1.19. The van der Waals surface area contributed by atoms with E-state index in [0.717, 1.165) is 25.9 Å². The SMILES string of the molecule is COc1ccc(OCC(=O)N2CCCCC2)c(CO)c1. The number of methoxy groups -OCH3 is 1. The molecule has 1 fully saturated rings. The normalized spacial score (nSPS) is 15.0. The Hall–Kier alpha value is -1.75. The second kappa shape index (κ2) is 7.14. The van der Waals surface area contributed by atoms with E-state index in [2.05, 4.69) is 0 Å². The molecule has 1 saturated heterocycles. The lowest BCUT2D eigenvalue weighted by Gasteiger charge is -2.26. The summed E-state index contributed by atoms with van der Waals surface area (Å²) in [7, 11) is 1.57. The summed E-state index contributed by atoms with van der Waals surface area (Å²) >= 11 is 0. The Morgan fingerprint density at radius 2 is 2.05 bits per heavy atom. The number of nitrogens with zero attached hydrogens (tertiary/aromatic N) is 1. The zero-order valence-electron chi connectivity index (χ0n) is 11.8. The van der Waals surface area contributed by atoms with Gasteiger partial charge in [-0.1, -0.05) is 0 Å². The highest BCUT2D eigenvalue weighted by Gasteiger charge is 2.17. The lowest BCUT2D eigenvalue weighted by atomic mass is 10.1. The Bertz CT molecular complexity index is 455. The first kappa shape index (κ1) is 14.7. The minimum atomic E-state index is -0.148. The van der Waals surface area contributed by atoms with E-state index in [1.165, 1.54) is 6.42 Å². The molecule has 5 heteroatoms. The molecule has 0 saturated carbocycles. The van der Waals surface area contributed by atoms with Gasteiger partial charge in [0.15, 0.2) is 6.61 Å². The van der Waals surface area contributed by atoms with Crippen molar-refractivity contribution in [2.45, 2.75) is 25.9 Å². The summed E-state index contributed by atoms with van der Waals surface area (Å²) in [4.78, 5) is 13.8. The fourth-order valence-electron chi connectivity index (χ4n) is 2.32. The van der Waals surface area contributed by atoms with Crippen molar-refractivity contribution in [2.24, 2.45) is 0 Å². The molecule has 1 amide bonds. The number of rotatable bonds is 5. The van der Waals surface area contributed by atoms with Crippen LogP contribution in [0.1, 0.15) is 24.8 Å². The van der Waals surface area contributed by atoms with Gasteiger partial charge in [0.25, 0.3) is 5.91 Å². The predicted octanol–water partition coefficient (Wildman–Crippen LogP) is 1.58. The summed E-state index contributed by atoms with van der Waals surface area (Å²) in [5, 5.41) is 9.32. The van der Waals surface area contributed by atoms with Crippen LogP contribution < -0.4 is 9.47 Å². The van der Waals surface area contributed by atoms with Crippen molar-refractivity contribution in [3.05, 3.63) is 23.8 Å². The zero-order valence-corrected chi connectivity index (χ0v) is 11.8. The largest absolute Gasteiger partial charge is 0.497 e. The van der Waals surface area contributed by atoms with Crippen LogP contribution in [0.4, 0.5) is 0 Å². The zero-order chi connectivity index (χ0) is 14.4. The maximum Gasteiger partial charge on any atom is 0.260 e. The maximum absolute atomic E-state index is 12.0. The number of carbonyl (C=O) groups is 1. The molecule has 5 nitrogen and oxygen atoms in total. The van der Waals surface area contributed by atoms with E-state index < -0.39 is 0 Å². The number of benzene rings is 1. The van der Waals surface area contributed by atoms with Crippen LogP contribution in [0, 0.1) is 0 Å². The summed E-state index contributed by atoms with van der Waals surface area (Å²) in [5.41, 5.74) is 0.621. The Morgan fingerprint density at radius 1 is 1.30 bits per heavy atom. The van der Waals surface area contributed by atoms with Crippen molar-refractivity contribution in [1.82, 2.24) is 4.90 Å². The first-order valence-corrected chi connectivity index (χ1v) is 6.93. The first-order valence-electron chi connectivity index (χ1n) is 6.93. The van der Waals surface area contributed by atoms with Crippen molar-refractivity contribution in [1.29, 1.82) is 0 Å². The van der Waals surface area contributed by atoms with Gasteiger partial charge in [0, 0.05) is 18.7 Å². The van der Waals surface area contributed by atoms with Crippen molar-refractivity contribution in [3.63, 3.8) is 0 Å². The number of carbonyl (C=O) groups excluding carboxylic acids is 1. The van der Waals surface area contributed by atoms with Crippen molar-refractivity contribution >= 4 is 5.91 Å². The average molecular weight is 279 g/mol. The second-order valence-corrected chi connectivity index (χ2v) is 4.86. The molecule has 0 bridgehead atoms. The highest BCUT2D eigenvalue weighted by molar-refractivity contribution is 5.77. The van der Waals surface area contributed by atoms with E-state index in [1.54, 1.807) is 25.3 Å². The summed E-state index contributed by atoms with van der Waals surface area (Å²) < 4.78 is 10.6. The molecule has 0 radical (unpaired) electrons. The van der Waals surface area contributed by atoms with Crippen molar-refractivity contribution in [2.75, 3.05) is 26.8 Å². The van der Waals surface area contributed by atoms with Crippen LogP contribution in [0.25, 0.3) is 0 Å². The van der Waals surface area contributed by atoms with Gasteiger partial charge in [-0.15, -0.1) is 0 Å². The summed E-state index contributed by atoms with van der Waals surface area (Å²) in [6.07, 6.45) is 3.32. The van der Waals surface area contributed by atoms with Gasteiger partial charge in [0.2, 0.25) is 0 Å². The number of hydrogen-bond donors (Lipinski definition) is 1. The molecule has 1 heterocycles. The first-order chi connectivity index (χ1) is 9.74. The number of hydrogen-bond acceptors (Lipinski definition) is 4. The van der Waals surface area contributed by atoms with E-state index in [-0.39, 0.29) is 19.1 Å². The van der Waals surface area contributed by atoms with Crippen LogP contribution in [-0.4, -0.2) is 42.7 Å². The van der Waals surface area contributed by atoms with E-state index in [4.69, 9.17) is 9.47 Å². The van der Waals surface area contributed by atoms with Gasteiger partial charge < -0.3 is 19.5 Å². The molecule has 0 aliphatic carbocycles. The minimum Gasteiger partial charge on any atom is -0.497 e. The van der Waals surface area contributed by atoms with Gasteiger partial charge in [0.1, 0.15) is 11.5 Å². The fourth-order valence-corrected chi connectivity index (χ4v) is 2.32. The van der Waals surface area contributed by atoms with Crippen molar-refractivity contribution < 1.29 is 19.4 Å².